The van der Waals surface area contributed by atoms with Crippen LogP contribution in [0.1, 0.15) is 23.7 Å². The smallest absolute Gasteiger partial charge is 0.251 e. The van der Waals surface area contributed by atoms with Gasteiger partial charge in [-0.2, -0.15) is 0 Å². The third-order valence-corrected chi connectivity index (χ3v) is 3.62. The van der Waals surface area contributed by atoms with Crippen LogP contribution in [0.4, 0.5) is 5.82 Å². The van der Waals surface area contributed by atoms with Gasteiger partial charge in [0.15, 0.2) is 0 Å². The fourth-order valence-electron chi connectivity index (χ4n) is 1.54. The topological polar surface area (TPSA) is 88.2 Å². The molecule has 0 aliphatic carbocycles. The van der Waals surface area contributed by atoms with Crippen LogP contribution in [0.15, 0.2) is 12.1 Å². The molecule has 0 spiro atoms. The van der Waals surface area contributed by atoms with E-state index in [1.165, 1.54) is 12.3 Å². The fourth-order valence-corrected chi connectivity index (χ4v) is 2.42. The van der Waals surface area contributed by atoms with Crippen LogP contribution in [0.2, 0.25) is 5.15 Å². The number of pyridine rings is 1. The molecule has 6 nitrogen and oxygen atoms in total. The van der Waals surface area contributed by atoms with Gasteiger partial charge < -0.3 is 10.6 Å². The van der Waals surface area contributed by atoms with Crippen molar-refractivity contribution >= 4 is 33.2 Å². The summed E-state index contributed by atoms with van der Waals surface area (Å²) in [6.07, 6.45) is 1.55. The molecule has 2 N–H and O–H groups in total. The highest BCUT2D eigenvalue weighted by atomic mass is 35.5. The molecule has 8 heteroatoms. The zero-order chi connectivity index (χ0) is 15.2. The molecule has 0 saturated heterocycles. The summed E-state index contributed by atoms with van der Waals surface area (Å²) in [4.78, 5) is 15.9. The van der Waals surface area contributed by atoms with E-state index in [0.29, 0.717) is 30.9 Å². The molecule has 112 valence electrons. The van der Waals surface area contributed by atoms with Crippen LogP contribution in [-0.2, 0) is 9.84 Å². The first-order chi connectivity index (χ1) is 9.31. The highest BCUT2D eigenvalue weighted by Crippen LogP contribution is 2.14. The molecule has 0 fully saturated rings. The van der Waals surface area contributed by atoms with E-state index in [9.17, 15) is 13.2 Å². The fraction of sp³-hybridized carbons (Fsp3) is 0.500. The molecular weight excluding hydrogens is 302 g/mol. The first kappa shape index (κ1) is 16.7. The van der Waals surface area contributed by atoms with E-state index in [1.807, 2.05) is 6.92 Å². The van der Waals surface area contributed by atoms with Gasteiger partial charge in [0, 0.05) is 24.9 Å². The van der Waals surface area contributed by atoms with Crippen molar-refractivity contribution in [2.45, 2.75) is 13.3 Å². The van der Waals surface area contributed by atoms with Crippen molar-refractivity contribution in [2.75, 3.05) is 30.4 Å². The molecule has 1 amide bonds. The first-order valence-corrected chi connectivity index (χ1v) is 8.63. The summed E-state index contributed by atoms with van der Waals surface area (Å²) in [7, 11) is -3.00. The van der Waals surface area contributed by atoms with Gasteiger partial charge in [-0.25, -0.2) is 13.4 Å². The number of carbonyl (C=O) groups is 1. The molecular formula is C12H18ClN3O3S. The number of sulfone groups is 1. The second-order valence-corrected chi connectivity index (χ2v) is 6.98. The van der Waals surface area contributed by atoms with Crippen LogP contribution in [0.5, 0.6) is 0 Å². The van der Waals surface area contributed by atoms with E-state index in [-0.39, 0.29) is 16.8 Å². The molecule has 0 aliphatic rings. The summed E-state index contributed by atoms with van der Waals surface area (Å²) in [6.45, 7) is 2.87. The largest absolute Gasteiger partial charge is 0.370 e. The minimum Gasteiger partial charge on any atom is -0.370 e. The second kappa shape index (κ2) is 7.44. The van der Waals surface area contributed by atoms with Crippen molar-refractivity contribution in [1.82, 2.24) is 10.3 Å². The summed E-state index contributed by atoms with van der Waals surface area (Å²) in [5, 5.41) is 5.85. The Labute approximate surface area is 123 Å². The maximum atomic E-state index is 11.9. The maximum Gasteiger partial charge on any atom is 0.251 e. The highest BCUT2D eigenvalue weighted by molar-refractivity contribution is 7.90. The van der Waals surface area contributed by atoms with E-state index in [1.54, 1.807) is 6.07 Å². The van der Waals surface area contributed by atoms with Crippen molar-refractivity contribution in [3.8, 4) is 0 Å². The molecule has 0 unspecified atom stereocenters. The molecule has 20 heavy (non-hydrogen) atoms. The van der Waals surface area contributed by atoms with Crippen LogP contribution in [-0.4, -0.2) is 44.4 Å². The molecule has 0 radical (unpaired) electrons. The van der Waals surface area contributed by atoms with Gasteiger partial charge in [0.1, 0.15) is 20.8 Å². The lowest BCUT2D eigenvalue weighted by molar-refractivity contribution is 0.0953. The second-order valence-electron chi connectivity index (χ2n) is 4.33. The van der Waals surface area contributed by atoms with Gasteiger partial charge in [-0.05, 0) is 25.5 Å². The van der Waals surface area contributed by atoms with E-state index in [0.717, 1.165) is 0 Å². The predicted molar refractivity (Wildman–Crippen MR) is 80.1 cm³/mol. The Hall–Kier alpha value is -1.34. The third kappa shape index (κ3) is 6.21. The monoisotopic (exact) mass is 319 g/mol. The average Bonchev–Trinajstić information content (AvgIpc) is 2.33. The Morgan fingerprint density at radius 3 is 2.70 bits per heavy atom. The minimum absolute atomic E-state index is 0.0486. The molecule has 0 aliphatic heterocycles. The van der Waals surface area contributed by atoms with Crippen molar-refractivity contribution in [1.29, 1.82) is 0 Å². The molecule has 0 bridgehead atoms. The Bertz CT molecular complexity index is 575. The van der Waals surface area contributed by atoms with Crippen LogP contribution in [0, 0.1) is 0 Å². The van der Waals surface area contributed by atoms with E-state index in [2.05, 4.69) is 15.6 Å². The summed E-state index contributed by atoms with van der Waals surface area (Å²) >= 11 is 5.84. The molecule has 0 saturated carbocycles. The highest BCUT2D eigenvalue weighted by Gasteiger charge is 2.09. The molecule has 0 aromatic carbocycles. The SMILES string of the molecule is CCNc1cc(C(=O)NCCCS(C)(=O)=O)cc(Cl)n1. The molecule has 1 rings (SSSR count). The van der Waals surface area contributed by atoms with Crippen LogP contribution in [0.3, 0.4) is 0 Å². The van der Waals surface area contributed by atoms with Gasteiger partial charge in [0.25, 0.3) is 5.91 Å². The molecule has 1 aromatic heterocycles. The zero-order valence-electron chi connectivity index (χ0n) is 11.4. The Morgan fingerprint density at radius 2 is 2.10 bits per heavy atom. The van der Waals surface area contributed by atoms with Crippen molar-refractivity contribution in [3.05, 3.63) is 22.8 Å². The number of nitrogens with one attached hydrogen (secondary N) is 2. The summed E-state index contributed by atoms with van der Waals surface area (Å²) < 4.78 is 21.9. The quantitative estimate of drug-likeness (QED) is 0.585. The van der Waals surface area contributed by atoms with E-state index in [4.69, 9.17) is 11.6 Å². The van der Waals surface area contributed by atoms with Gasteiger partial charge in [-0.1, -0.05) is 11.6 Å². The standard InChI is InChI=1S/C12H18ClN3O3S/c1-3-14-11-8-9(7-10(13)16-11)12(17)15-5-4-6-20(2,18)19/h7-8H,3-6H2,1-2H3,(H,14,16)(H,15,17). The summed E-state index contributed by atoms with van der Waals surface area (Å²) in [5.41, 5.74) is 0.389. The summed E-state index contributed by atoms with van der Waals surface area (Å²) in [5.74, 6) is 0.274. The molecule has 1 heterocycles. The number of nitrogens with zero attached hydrogens (tertiary/aromatic N) is 1. The number of hydrogen-bond acceptors (Lipinski definition) is 5. The van der Waals surface area contributed by atoms with E-state index >= 15 is 0 Å². The number of hydrogen-bond donors (Lipinski definition) is 2. The number of amides is 1. The Kier molecular flexibility index (Phi) is 6.22. The number of carbonyl (C=O) groups excluding carboxylic acids is 1. The minimum atomic E-state index is -3.00. The Morgan fingerprint density at radius 1 is 1.40 bits per heavy atom. The summed E-state index contributed by atoms with van der Waals surface area (Å²) in [6, 6.07) is 3.07. The van der Waals surface area contributed by atoms with Gasteiger partial charge in [0.2, 0.25) is 0 Å². The van der Waals surface area contributed by atoms with Crippen LogP contribution < -0.4 is 10.6 Å². The van der Waals surface area contributed by atoms with E-state index < -0.39 is 9.84 Å². The van der Waals surface area contributed by atoms with Gasteiger partial charge >= 0.3 is 0 Å². The third-order valence-electron chi connectivity index (χ3n) is 2.39. The van der Waals surface area contributed by atoms with Gasteiger partial charge in [0.05, 0.1) is 5.75 Å². The number of anilines is 1. The Balaban J connectivity index is 2.59. The molecule has 0 atom stereocenters. The lowest BCUT2D eigenvalue weighted by Crippen LogP contribution is -2.26. The molecule has 1 aromatic rings. The van der Waals surface area contributed by atoms with Crippen molar-refractivity contribution in [3.63, 3.8) is 0 Å². The van der Waals surface area contributed by atoms with Crippen LogP contribution in [0.25, 0.3) is 0 Å². The van der Waals surface area contributed by atoms with Gasteiger partial charge in [-0.3, -0.25) is 4.79 Å². The van der Waals surface area contributed by atoms with Crippen molar-refractivity contribution < 1.29 is 13.2 Å². The zero-order valence-corrected chi connectivity index (χ0v) is 13.0. The lowest BCUT2D eigenvalue weighted by Gasteiger charge is -2.08. The van der Waals surface area contributed by atoms with Crippen LogP contribution >= 0.6 is 11.6 Å². The lowest BCUT2D eigenvalue weighted by atomic mass is 10.2. The van der Waals surface area contributed by atoms with Crippen molar-refractivity contribution in [2.24, 2.45) is 0 Å². The number of halogens is 1. The number of aromatic nitrogens is 1. The van der Waals surface area contributed by atoms with Gasteiger partial charge in [-0.15, -0.1) is 0 Å². The first-order valence-electron chi connectivity index (χ1n) is 6.19. The maximum absolute atomic E-state index is 11.9. The normalized spacial score (nSPS) is 11.2. The predicted octanol–water partition coefficient (Wildman–Crippen LogP) is 1.33. The average molecular weight is 320 g/mol. The number of rotatable bonds is 7.